The first kappa shape index (κ1) is 18.0. The van der Waals surface area contributed by atoms with Crippen molar-refractivity contribution in [1.29, 1.82) is 0 Å². The summed E-state index contributed by atoms with van der Waals surface area (Å²) in [7, 11) is 3.99. The Hall–Kier alpha value is -2.80. The van der Waals surface area contributed by atoms with Crippen LogP contribution in [0.1, 0.15) is 23.0 Å². The van der Waals surface area contributed by atoms with Crippen molar-refractivity contribution in [3.05, 3.63) is 65.5 Å². The largest absolute Gasteiger partial charge is 0.367 e. The lowest BCUT2D eigenvalue weighted by molar-refractivity contribution is 0.311. The van der Waals surface area contributed by atoms with Gasteiger partial charge in [0.2, 0.25) is 0 Å². The molecule has 6 nitrogen and oxygen atoms in total. The number of aromatic nitrogens is 4. The lowest BCUT2D eigenvalue weighted by Gasteiger charge is -2.25. The molecule has 1 aromatic carbocycles. The molecule has 2 heterocycles. The fraction of sp³-hybridized carbons (Fsp3) is 0.316. The fourth-order valence-electron chi connectivity index (χ4n) is 2.89. The molecule has 7 heteroatoms. The number of anilines is 1. The predicted molar refractivity (Wildman–Crippen MR) is 99.9 cm³/mol. The minimum Gasteiger partial charge on any atom is -0.367 e. The molecule has 0 saturated heterocycles. The molecule has 136 valence electrons. The van der Waals surface area contributed by atoms with Crippen LogP contribution >= 0.6 is 0 Å². The Morgan fingerprint density at radius 1 is 1.15 bits per heavy atom. The van der Waals surface area contributed by atoms with Gasteiger partial charge >= 0.3 is 0 Å². The van der Waals surface area contributed by atoms with Gasteiger partial charge in [-0.2, -0.15) is 5.10 Å². The number of nitrogens with one attached hydrogen (secondary N) is 1. The summed E-state index contributed by atoms with van der Waals surface area (Å²) in [6, 6.07) is 8.65. The van der Waals surface area contributed by atoms with Crippen molar-refractivity contribution in [2.75, 3.05) is 26.0 Å². The summed E-state index contributed by atoms with van der Waals surface area (Å²) < 4.78 is 15.0. The summed E-state index contributed by atoms with van der Waals surface area (Å²) in [6.45, 7) is 4.55. The number of hydrogen-bond acceptors (Lipinski definition) is 5. The van der Waals surface area contributed by atoms with Crippen LogP contribution in [0.5, 0.6) is 0 Å². The lowest BCUT2D eigenvalue weighted by Crippen LogP contribution is -2.27. The average Bonchev–Trinajstić information content (AvgIpc) is 2.95. The molecule has 3 aromatic rings. The molecule has 0 bridgehead atoms. The van der Waals surface area contributed by atoms with E-state index >= 15 is 0 Å². The third kappa shape index (κ3) is 4.05. The zero-order chi connectivity index (χ0) is 18.7. The maximum absolute atomic E-state index is 13.2. The Morgan fingerprint density at radius 2 is 1.88 bits per heavy atom. The van der Waals surface area contributed by atoms with E-state index in [0.717, 1.165) is 17.0 Å². The highest BCUT2D eigenvalue weighted by atomic mass is 19.1. The first-order valence-corrected chi connectivity index (χ1v) is 8.45. The SMILES string of the molecule is Cc1cc(C)n(-c2cncc(NCC(c3ccc(F)cc3)N(C)C)n2)n1. The van der Waals surface area contributed by atoms with Gasteiger partial charge in [-0.15, -0.1) is 0 Å². The van der Waals surface area contributed by atoms with E-state index in [2.05, 4.69) is 25.3 Å². The summed E-state index contributed by atoms with van der Waals surface area (Å²) in [6.07, 6.45) is 3.38. The van der Waals surface area contributed by atoms with Gasteiger partial charge in [-0.1, -0.05) is 12.1 Å². The number of benzene rings is 1. The number of hydrogen-bond donors (Lipinski definition) is 1. The molecule has 0 amide bonds. The normalized spacial score (nSPS) is 12.4. The third-order valence-electron chi connectivity index (χ3n) is 4.20. The van der Waals surface area contributed by atoms with Gasteiger partial charge in [-0.25, -0.2) is 14.1 Å². The smallest absolute Gasteiger partial charge is 0.174 e. The van der Waals surface area contributed by atoms with Crippen LogP contribution < -0.4 is 5.32 Å². The Kier molecular flexibility index (Phi) is 5.27. The van der Waals surface area contributed by atoms with Crippen molar-refractivity contribution < 1.29 is 4.39 Å². The van der Waals surface area contributed by atoms with Gasteiger partial charge in [0.1, 0.15) is 11.6 Å². The van der Waals surface area contributed by atoms with E-state index in [9.17, 15) is 4.39 Å². The second-order valence-electron chi connectivity index (χ2n) is 6.51. The second-order valence-corrected chi connectivity index (χ2v) is 6.51. The Balaban J connectivity index is 1.77. The van der Waals surface area contributed by atoms with E-state index in [1.807, 2.05) is 34.0 Å². The van der Waals surface area contributed by atoms with E-state index < -0.39 is 0 Å². The van der Waals surface area contributed by atoms with Gasteiger partial charge < -0.3 is 10.2 Å². The van der Waals surface area contributed by atoms with Crippen LogP contribution in [-0.2, 0) is 0 Å². The molecule has 1 atom stereocenters. The molecule has 0 radical (unpaired) electrons. The molecule has 2 aromatic heterocycles. The number of aryl methyl sites for hydroxylation is 2. The van der Waals surface area contributed by atoms with Gasteiger partial charge in [0.05, 0.1) is 24.1 Å². The van der Waals surface area contributed by atoms with Gasteiger partial charge in [0, 0.05) is 12.2 Å². The maximum atomic E-state index is 13.2. The summed E-state index contributed by atoms with van der Waals surface area (Å²) in [5.74, 6) is 1.11. The minimum absolute atomic E-state index is 0.0785. The molecule has 0 spiro atoms. The van der Waals surface area contributed by atoms with Crippen LogP contribution in [0, 0.1) is 19.7 Å². The van der Waals surface area contributed by atoms with Crippen LogP contribution in [-0.4, -0.2) is 45.3 Å². The van der Waals surface area contributed by atoms with Crippen molar-refractivity contribution in [3.8, 4) is 5.82 Å². The second kappa shape index (κ2) is 7.61. The third-order valence-corrected chi connectivity index (χ3v) is 4.20. The van der Waals surface area contributed by atoms with E-state index in [-0.39, 0.29) is 11.9 Å². The van der Waals surface area contributed by atoms with E-state index in [1.54, 1.807) is 29.2 Å². The Labute approximate surface area is 152 Å². The highest BCUT2D eigenvalue weighted by Gasteiger charge is 2.15. The first-order chi connectivity index (χ1) is 12.4. The summed E-state index contributed by atoms with van der Waals surface area (Å²) in [4.78, 5) is 11.0. The highest BCUT2D eigenvalue weighted by Crippen LogP contribution is 2.19. The Bertz CT molecular complexity index is 872. The van der Waals surface area contributed by atoms with Crippen LogP contribution in [0.2, 0.25) is 0 Å². The molecular formula is C19H23FN6. The maximum Gasteiger partial charge on any atom is 0.174 e. The summed E-state index contributed by atoms with van der Waals surface area (Å²) >= 11 is 0. The van der Waals surface area contributed by atoms with Crippen LogP contribution in [0.25, 0.3) is 5.82 Å². The molecule has 0 aliphatic rings. The number of nitrogens with zero attached hydrogens (tertiary/aromatic N) is 5. The lowest BCUT2D eigenvalue weighted by atomic mass is 10.1. The number of halogens is 1. The summed E-state index contributed by atoms with van der Waals surface area (Å²) in [5.41, 5.74) is 2.98. The Morgan fingerprint density at radius 3 is 2.50 bits per heavy atom. The molecule has 0 fully saturated rings. The zero-order valence-electron chi connectivity index (χ0n) is 15.4. The molecule has 26 heavy (non-hydrogen) atoms. The van der Waals surface area contributed by atoms with Crippen molar-refractivity contribution in [1.82, 2.24) is 24.6 Å². The fourth-order valence-corrected chi connectivity index (χ4v) is 2.89. The molecule has 0 aliphatic heterocycles. The van der Waals surface area contributed by atoms with Gasteiger partial charge in [-0.3, -0.25) is 4.98 Å². The van der Waals surface area contributed by atoms with Crippen molar-refractivity contribution in [2.45, 2.75) is 19.9 Å². The van der Waals surface area contributed by atoms with Gasteiger partial charge in [0.25, 0.3) is 0 Å². The molecule has 0 aliphatic carbocycles. The zero-order valence-corrected chi connectivity index (χ0v) is 15.4. The highest BCUT2D eigenvalue weighted by molar-refractivity contribution is 5.37. The monoisotopic (exact) mass is 354 g/mol. The molecule has 1 unspecified atom stereocenters. The minimum atomic E-state index is -0.234. The van der Waals surface area contributed by atoms with Crippen LogP contribution in [0.3, 0.4) is 0 Å². The molecular weight excluding hydrogens is 331 g/mol. The number of rotatable bonds is 6. The first-order valence-electron chi connectivity index (χ1n) is 8.45. The predicted octanol–water partition coefficient (Wildman–Crippen LogP) is 3.13. The average molecular weight is 354 g/mol. The quantitative estimate of drug-likeness (QED) is 0.737. The number of likely N-dealkylation sites (N-methyl/N-ethyl adjacent to an activating group) is 1. The van der Waals surface area contributed by atoms with Gasteiger partial charge in [0.15, 0.2) is 5.82 Å². The standard InChI is InChI=1S/C19H23FN6/c1-13-9-14(2)26(24-13)19-12-21-11-18(23-19)22-10-17(25(3)4)15-5-7-16(20)8-6-15/h5-9,11-12,17H,10H2,1-4H3,(H,22,23). The van der Waals surface area contributed by atoms with E-state index in [1.165, 1.54) is 12.1 Å². The van der Waals surface area contributed by atoms with E-state index in [4.69, 9.17) is 0 Å². The molecule has 0 saturated carbocycles. The molecule has 3 rings (SSSR count). The van der Waals surface area contributed by atoms with Crippen LogP contribution in [0.15, 0.2) is 42.7 Å². The van der Waals surface area contributed by atoms with Crippen molar-refractivity contribution in [2.24, 2.45) is 0 Å². The molecule has 1 N–H and O–H groups in total. The topological polar surface area (TPSA) is 58.9 Å². The van der Waals surface area contributed by atoms with Crippen molar-refractivity contribution in [3.63, 3.8) is 0 Å². The van der Waals surface area contributed by atoms with E-state index in [0.29, 0.717) is 18.2 Å². The summed E-state index contributed by atoms with van der Waals surface area (Å²) in [5, 5.41) is 7.77. The van der Waals surface area contributed by atoms with Gasteiger partial charge in [-0.05, 0) is 51.7 Å². The van der Waals surface area contributed by atoms with Crippen molar-refractivity contribution >= 4 is 5.82 Å². The van der Waals surface area contributed by atoms with Crippen LogP contribution in [0.4, 0.5) is 10.2 Å².